The second-order valence-electron chi connectivity index (χ2n) is 4.81. The minimum Gasteiger partial charge on any atom is -0.403 e. The van der Waals surface area contributed by atoms with Gasteiger partial charge < -0.3 is 21.9 Å². The lowest BCUT2D eigenvalue weighted by atomic mass is 10.1. The summed E-state index contributed by atoms with van der Waals surface area (Å²) in [6.07, 6.45) is 5.43. The van der Waals surface area contributed by atoms with Crippen LogP contribution in [0.2, 0.25) is 0 Å². The lowest BCUT2D eigenvalue weighted by molar-refractivity contribution is 0.0963. The Hall–Kier alpha value is -3.26. The summed E-state index contributed by atoms with van der Waals surface area (Å²) in [6, 6.07) is 7.40. The van der Waals surface area contributed by atoms with Gasteiger partial charge in [0.05, 0.1) is 18.8 Å². The molecule has 24 heavy (non-hydrogen) atoms. The van der Waals surface area contributed by atoms with Gasteiger partial charge >= 0.3 is 0 Å². The minimum atomic E-state index is -0.522. The van der Waals surface area contributed by atoms with Crippen molar-refractivity contribution in [2.75, 3.05) is 5.73 Å². The predicted octanol–water partition coefficient (Wildman–Crippen LogP) is 0.352. The van der Waals surface area contributed by atoms with Gasteiger partial charge in [-0.2, -0.15) is 0 Å². The summed E-state index contributed by atoms with van der Waals surface area (Å²) in [5.41, 5.74) is 13.2. The molecule has 8 nitrogen and oxygen atoms in total. The topological polar surface area (TPSA) is 140 Å². The number of nitrogen functional groups attached to an aromatic ring is 1. The van der Waals surface area contributed by atoms with E-state index in [9.17, 15) is 4.79 Å². The minimum absolute atomic E-state index is 0.0147. The fourth-order valence-corrected chi connectivity index (χ4v) is 1.91. The average molecular weight is 326 g/mol. The number of carbonyl (C=O) groups is 1. The number of nitrogens with zero attached hydrogens (tertiary/aromatic N) is 3. The quantitative estimate of drug-likeness (QED) is 0.565. The molecule has 124 valence electrons. The van der Waals surface area contributed by atoms with Crippen molar-refractivity contribution in [1.82, 2.24) is 15.3 Å². The Morgan fingerprint density at radius 2 is 2.04 bits per heavy atom. The van der Waals surface area contributed by atoms with Crippen LogP contribution in [0, 0.1) is 0 Å². The largest absolute Gasteiger partial charge is 0.403 e. The Balaban J connectivity index is 1.99. The first-order chi connectivity index (χ1) is 11.6. The molecule has 0 fully saturated rings. The predicted molar refractivity (Wildman–Crippen MR) is 90.7 cm³/mol. The van der Waals surface area contributed by atoms with E-state index in [0.717, 1.165) is 11.1 Å². The highest BCUT2D eigenvalue weighted by atomic mass is 16.3. The second-order valence-corrected chi connectivity index (χ2v) is 4.81. The van der Waals surface area contributed by atoms with Gasteiger partial charge in [0.1, 0.15) is 0 Å². The van der Waals surface area contributed by atoms with Gasteiger partial charge in [-0.05, 0) is 11.1 Å². The number of rotatable bonds is 6. The molecule has 1 heterocycles. The molecule has 0 aliphatic carbocycles. The SMILES string of the molecule is NC=C(C=NCc1cccc(CO)c1)NC(=O)c1nccnc1N. The van der Waals surface area contributed by atoms with Crippen LogP contribution in [0.5, 0.6) is 0 Å². The third-order valence-electron chi connectivity index (χ3n) is 3.06. The van der Waals surface area contributed by atoms with E-state index in [1.165, 1.54) is 24.8 Å². The molecule has 0 radical (unpaired) electrons. The van der Waals surface area contributed by atoms with Gasteiger partial charge in [0.2, 0.25) is 0 Å². The Morgan fingerprint density at radius 3 is 2.75 bits per heavy atom. The summed E-state index contributed by atoms with van der Waals surface area (Å²) in [5, 5.41) is 11.7. The van der Waals surface area contributed by atoms with Gasteiger partial charge in [-0.1, -0.05) is 24.3 Å². The molecule has 8 heteroatoms. The Morgan fingerprint density at radius 1 is 1.29 bits per heavy atom. The number of aliphatic hydroxyl groups excluding tert-OH is 1. The highest BCUT2D eigenvalue weighted by Gasteiger charge is 2.12. The fourth-order valence-electron chi connectivity index (χ4n) is 1.91. The van der Waals surface area contributed by atoms with E-state index in [-0.39, 0.29) is 18.1 Å². The standard InChI is InChI=1S/C16H18N6O2/c17-7-13(22-16(24)14-15(18)21-5-4-20-14)9-19-8-11-2-1-3-12(6-11)10-23/h1-7,9,23H,8,10,17H2,(H2,18,21)(H,22,24). The van der Waals surface area contributed by atoms with Crippen LogP contribution in [0.25, 0.3) is 0 Å². The van der Waals surface area contributed by atoms with E-state index < -0.39 is 5.91 Å². The molecular weight excluding hydrogens is 308 g/mol. The number of hydrogen-bond donors (Lipinski definition) is 4. The summed E-state index contributed by atoms with van der Waals surface area (Å²) in [5.74, 6) is -0.491. The number of aromatic nitrogens is 2. The maximum Gasteiger partial charge on any atom is 0.278 e. The van der Waals surface area contributed by atoms with E-state index in [2.05, 4.69) is 20.3 Å². The van der Waals surface area contributed by atoms with Crippen LogP contribution < -0.4 is 16.8 Å². The molecule has 0 saturated heterocycles. The van der Waals surface area contributed by atoms with Crippen LogP contribution in [0.1, 0.15) is 21.6 Å². The first kappa shape index (κ1) is 17.1. The van der Waals surface area contributed by atoms with Gasteiger partial charge in [0, 0.05) is 24.8 Å². The Bertz CT molecular complexity index is 773. The summed E-state index contributed by atoms with van der Waals surface area (Å²) in [6.45, 7) is 0.357. The number of nitrogens with one attached hydrogen (secondary N) is 1. The third kappa shape index (κ3) is 4.62. The highest BCUT2D eigenvalue weighted by Crippen LogP contribution is 2.07. The summed E-state index contributed by atoms with van der Waals surface area (Å²) < 4.78 is 0. The Kier molecular flexibility index (Phi) is 5.98. The van der Waals surface area contributed by atoms with Crippen molar-refractivity contribution < 1.29 is 9.90 Å². The number of anilines is 1. The van der Waals surface area contributed by atoms with Crippen LogP contribution in [-0.4, -0.2) is 27.2 Å². The van der Waals surface area contributed by atoms with Crippen LogP contribution in [0.3, 0.4) is 0 Å². The smallest absolute Gasteiger partial charge is 0.278 e. The fraction of sp³-hybridized carbons (Fsp3) is 0.125. The number of hydrogen-bond acceptors (Lipinski definition) is 7. The lowest BCUT2D eigenvalue weighted by Gasteiger charge is -2.06. The van der Waals surface area contributed by atoms with E-state index in [0.29, 0.717) is 12.2 Å². The molecule has 0 aliphatic rings. The van der Waals surface area contributed by atoms with Gasteiger partial charge in [-0.25, -0.2) is 9.97 Å². The van der Waals surface area contributed by atoms with Crippen molar-refractivity contribution >= 4 is 17.9 Å². The van der Waals surface area contributed by atoms with Crippen molar-refractivity contribution in [3.05, 3.63) is 65.4 Å². The molecule has 1 aromatic carbocycles. The van der Waals surface area contributed by atoms with E-state index in [1.807, 2.05) is 24.3 Å². The van der Waals surface area contributed by atoms with Gasteiger partial charge in [-0.3, -0.25) is 9.79 Å². The molecule has 1 aromatic heterocycles. The molecule has 2 rings (SSSR count). The van der Waals surface area contributed by atoms with E-state index in [1.54, 1.807) is 0 Å². The first-order valence-corrected chi connectivity index (χ1v) is 7.12. The van der Waals surface area contributed by atoms with Crippen molar-refractivity contribution in [3.8, 4) is 0 Å². The van der Waals surface area contributed by atoms with E-state index >= 15 is 0 Å². The molecule has 1 amide bonds. The summed E-state index contributed by atoms with van der Waals surface area (Å²) in [4.78, 5) is 24.0. The summed E-state index contributed by atoms with van der Waals surface area (Å²) in [7, 11) is 0. The molecule has 0 bridgehead atoms. The van der Waals surface area contributed by atoms with Crippen molar-refractivity contribution in [2.45, 2.75) is 13.2 Å². The van der Waals surface area contributed by atoms with Crippen LogP contribution in [0.4, 0.5) is 5.82 Å². The number of benzene rings is 1. The molecule has 6 N–H and O–H groups in total. The number of nitrogens with two attached hydrogens (primary N) is 2. The normalized spacial score (nSPS) is 11.6. The lowest BCUT2D eigenvalue weighted by Crippen LogP contribution is -2.26. The number of aliphatic imine (C=N–C) groups is 1. The highest BCUT2D eigenvalue weighted by molar-refractivity contribution is 6.00. The van der Waals surface area contributed by atoms with Crippen molar-refractivity contribution in [3.63, 3.8) is 0 Å². The average Bonchev–Trinajstić information content (AvgIpc) is 2.61. The Labute approximate surface area is 139 Å². The number of aliphatic hydroxyl groups is 1. The third-order valence-corrected chi connectivity index (χ3v) is 3.06. The zero-order valence-corrected chi connectivity index (χ0v) is 12.9. The van der Waals surface area contributed by atoms with Gasteiger partial charge in [-0.15, -0.1) is 0 Å². The maximum atomic E-state index is 12.1. The molecule has 0 spiro atoms. The van der Waals surface area contributed by atoms with Crippen molar-refractivity contribution in [1.29, 1.82) is 0 Å². The maximum absolute atomic E-state index is 12.1. The summed E-state index contributed by atoms with van der Waals surface area (Å²) >= 11 is 0. The van der Waals surface area contributed by atoms with Crippen LogP contribution in [0.15, 0.2) is 53.5 Å². The molecule has 0 unspecified atom stereocenters. The van der Waals surface area contributed by atoms with Gasteiger partial charge in [0.15, 0.2) is 11.5 Å². The van der Waals surface area contributed by atoms with Crippen molar-refractivity contribution in [2.24, 2.45) is 10.7 Å². The molecule has 0 saturated carbocycles. The number of allylic oxidation sites excluding steroid dienone is 1. The van der Waals surface area contributed by atoms with E-state index in [4.69, 9.17) is 16.6 Å². The number of amides is 1. The number of carbonyl (C=O) groups excluding carboxylic acids is 1. The first-order valence-electron chi connectivity index (χ1n) is 7.12. The van der Waals surface area contributed by atoms with Crippen LogP contribution in [-0.2, 0) is 13.2 Å². The second kappa shape index (κ2) is 8.39. The monoisotopic (exact) mass is 326 g/mol. The molecule has 0 atom stereocenters. The van der Waals surface area contributed by atoms with Gasteiger partial charge in [0.25, 0.3) is 5.91 Å². The molecular formula is C16H18N6O2. The van der Waals surface area contributed by atoms with Crippen LogP contribution >= 0.6 is 0 Å². The zero-order valence-electron chi connectivity index (χ0n) is 12.9. The molecule has 0 aliphatic heterocycles. The molecule has 2 aromatic rings. The zero-order chi connectivity index (χ0) is 17.4.